The molecule has 1 aliphatic heterocycles. The summed E-state index contributed by atoms with van der Waals surface area (Å²) in [6.07, 6.45) is 0.0819. The van der Waals surface area contributed by atoms with Crippen LogP contribution in [0.2, 0.25) is 0 Å². The fraction of sp³-hybridized carbons (Fsp3) is 0.500. The number of aliphatic carboxylic acids is 1. The number of amides is 3. The first kappa shape index (κ1) is 30.5. The van der Waals surface area contributed by atoms with Crippen LogP contribution in [0.4, 0.5) is 4.79 Å². The van der Waals surface area contributed by atoms with Crippen LogP contribution in [0.25, 0.3) is 11.4 Å². The van der Waals surface area contributed by atoms with Crippen LogP contribution in [0.1, 0.15) is 55.7 Å². The van der Waals surface area contributed by atoms with E-state index in [0.717, 1.165) is 0 Å². The number of nitrogens with one attached hydrogen (secondary N) is 1. The molecule has 3 rings (SSSR count). The average Bonchev–Trinajstić information content (AvgIpc) is 2.97. The number of rotatable bonds is 12. The maximum Gasteiger partial charge on any atom is 0.409 e. The monoisotopic (exact) mass is 555 g/mol. The van der Waals surface area contributed by atoms with Gasteiger partial charge in [0.15, 0.2) is 5.82 Å². The van der Waals surface area contributed by atoms with Crippen LogP contribution in [0.15, 0.2) is 36.4 Å². The first-order valence-corrected chi connectivity index (χ1v) is 13.6. The van der Waals surface area contributed by atoms with Gasteiger partial charge >= 0.3 is 12.1 Å². The van der Waals surface area contributed by atoms with Crippen molar-refractivity contribution >= 4 is 23.9 Å². The number of aliphatic hydroxyl groups is 1. The smallest absolute Gasteiger partial charge is 0.409 e. The summed E-state index contributed by atoms with van der Waals surface area (Å²) in [5, 5.41) is 21.9. The maximum atomic E-state index is 13.4. The number of ether oxygens (including phenoxy) is 1. The number of carboxylic acids is 1. The van der Waals surface area contributed by atoms with Crippen LogP contribution >= 0.6 is 0 Å². The Morgan fingerprint density at radius 2 is 1.68 bits per heavy atom. The molecule has 1 aliphatic rings. The Bertz CT molecular complexity index is 1170. The zero-order valence-corrected chi connectivity index (χ0v) is 22.9. The molecule has 12 heteroatoms. The van der Waals surface area contributed by atoms with Crippen LogP contribution in [-0.4, -0.2) is 98.8 Å². The Labute approximate surface area is 233 Å². The van der Waals surface area contributed by atoms with Crippen LogP contribution in [0.3, 0.4) is 0 Å². The lowest BCUT2D eigenvalue weighted by atomic mass is 10.1. The fourth-order valence-electron chi connectivity index (χ4n) is 4.28. The van der Waals surface area contributed by atoms with Gasteiger partial charge < -0.3 is 30.1 Å². The van der Waals surface area contributed by atoms with E-state index in [1.807, 2.05) is 37.3 Å². The summed E-state index contributed by atoms with van der Waals surface area (Å²) < 4.78 is 5.01. The van der Waals surface area contributed by atoms with Crippen molar-refractivity contribution in [2.24, 2.45) is 0 Å². The predicted octanol–water partition coefficient (Wildman–Crippen LogP) is 2.11. The van der Waals surface area contributed by atoms with Gasteiger partial charge in [0.1, 0.15) is 11.7 Å². The number of hydrogen-bond acceptors (Lipinski definition) is 8. The van der Waals surface area contributed by atoms with Crippen molar-refractivity contribution in [3.05, 3.63) is 47.8 Å². The SMILES string of the molecule is CCOC(=O)N1CCN(C(=O)C(CCC(=O)O)NC(=O)c2cc(CC[C@@H](O)CC)nc(-c3ccccc3)n2)CC1. The number of hydrogen-bond donors (Lipinski definition) is 3. The fourth-order valence-corrected chi connectivity index (χ4v) is 4.28. The Kier molecular flexibility index (Phi) is 11.4. The van der Waals surface area contributed by atoms with E-state index in [1.54, 1.807) is 6.92 Å². The molecule has 1 aromatic heterocycles. The Balaban J connectivity index is 1.80. The summed E-state index contributed by atoms with van der Waals surface area (Å²) in [4.78, 5) is 62.1. The topological polar surface area (TPSA) is 162 Å². The highest BCUT2D eigenvalue weighted by Crippen LogP contribution is 2.18. The summed E-state index contributed by atoms with van der Waals surface area (Å²) in [5.41, 5.74) is 1.30. The molecule has 1 saturated heterocycles. The van der Waals surface area contributed by atoms with Crippen molar-refractivity contribution in [2.75, 3.05) is 32.8 Å². The van der Waals surface area contributed by atoms with Crippen molar-refractivity contribution in [1.82, 2.24) is 25.1 Å². The third kappa shape index (κ3) is 8.73. The summed E-state index contributed by atoms with van der Waals surface area (Å²) in [7, 11) is 0. The zero-order chi connectivity index (χ0) is 29.1. The normalized spacial score (nSPS) is 14.8. The number of nitrogens with zero attached hydrogens (tertiary/aromatic N) is 4. The number of carboxylic acid groups (broad SMARTS) is 1. The third-order valence-corrected chi connectivity index (χ3v) is 6.62. The van der Waals surface area contributed by atoms with E-state index in [2.05, 4.69) is 15.3 Å². The van der Waals surface area contributed by atoms with E-state index in [-0.39, 0.29) is 51.3 Å². The standard InChI is InChI=1S/C28H37N5O7/c1-3-21(34)11-10-20-18-23(30-25(29-20)19-8-6-5-7-9-19)26(37)31-22(12-13-24(35)36)27(38)32-14-16-33(17-15-32)28(39)40-4-2/h5-9,18,21-22,34H,3-4,10-17H2,1-2H3,(H,31,37)(H,35,36)/t21-,22?/m0/s1. The van der Waals surface area contributed by atoms with E-state index >= 15 is 0 Å². The quantitative estimate of drug-likeness (QED) is 0.356. The highest BCUT2D eigenvalue weighted by molar-refractivity contribution is 5.96. The van der Waals surface area contributed by atoms with Gasteiger partial charge in [-0.3, -0.25) is 14.4 Å². The molecule has 3 N–H and O–H groups in total. The van der Waals surface area contributed by atoms with Crippen molar-refractivity contribution in [3.63, 3.8) is 0 Å². The lowest BCUT2D eigenvalue weighted by Crippen LogP contribution is -2.56. The molecule has 0 radical (unpaired) electrons. The number of aryl methyl sites for hydroxylation is 1. The van der Waals surface area contributed by atoms with Gasteiger partial charge in [-0.15, -0.1) is 0 Å². The van der Waals surface area contributed by atoms with Crippen LogP contribution < -0.4 is 5.32 Å². The van der Waals surface area contributed by atoms with E-state index in [1.165, 1.54) is 15.9 Å². The van der Waals surface area contributed by atoms with Crippen molar-refractivity contribution < 1.29 is 34.1 Å². The molecule has 1 fully saturated rings. The molecule has 12 nitrogen and oxygen atoms in total. The van der Waals surface area contributed by atoms with E-state index < -0.39 is 36.0 Å². The molecule has 3 amide bonds. The molecule has 1 aromatic carbocycles. The molecule has 1 unspecified atom stereocenters. The highest BCUT2D eigenvalue weighted by atomic mass is 16.6. The van der Waals surface area contributed by atoms with Gasteiger partial charge in [0.2, 0.25) is 5.91 Å². The molecule has 0 aliphatic carbocycles. The molecule has 40 heavy (non-hydrogen) atoms. The minimum atomic E-state index is -1.10. The first-order valence-electron chi connectivity index (χ1n) is 13.6. The first-order chi connectivity index (χ1) is 19.2. The second kappa shape index (κ2) is 14.9. The Hall–Kier alpha value is -4.06. The molecule has 0 spiro atoms. The maximum absolute atomic E-state index is 13.4. The van der Waals surface area contributed by atoms with Crippen LogP contribution in [0, 0.1) is 0 Å². The lowest BCUT2D eigenvalue weighted by molar-refractivity contribution is -0.138. The molecule has 2 heterocycles. The lowest BCUT2D eigenvalue weighted by Gasteiger charge is -2.35. The van der Waals surface area contributed by atoms with Gasteiger partial charge in [0.25, 0.3) is 5.91 Å². The molecular weight excluding hydrogens is 518 g/mol. The van der Waals surface area contributed by atoms with Crippen LogP contribution in [0.5, 0.6) is 0 Å². The second-order valence-electron chi connectivity index (χ2n) is 9.50. The molecule has 2 aromatic rings. The van der Waals surface area contributed by atoms with Gasteiger partial charge in [-0.2, -0.15) is 0 Å². The van der Waals surface area contributed by atoms with Crippen molar-refractivity contribution in [3.8, 4) is 11.4 Å². The number of carbonyl (C=O) groups is 4. The Morgan fingerprint density at radius 3 is 2.30 bits per heavy atom. The highest BCUT2D eigenvalue weighted by Gasteiger charge is 2.31. The van der Waals surface area contributed by atoms with Gasteiger partial charge in [-0.05, 0) is 38.7 Å². The second-order valence-corrected chi connectivity index (χ2v) is 9.50. The Morgan fingerprint density at radius 1 is 1.00 bits per heavy atom. The molecule has 0 bridgehead atoms. The van der Waals surface area contributed by atoms with Crippen LogP contribution in [-0.2, 0) is 20.7 Å². The van der Waals surface area contributed by atoms with E-state index in [4.69, 9.17) is 4.74 Å². The number of benzene rings is 1. The van der Waals surface area contributed by atoms with Gasteiger partial charge in [0.05, 0.1) is 12.7 Å². The average molecular weight is 556 g/mol. The van der Waals surface area contributed by atoms with Gasteiger partial charge in [0, 0.05) is 43.9 Å². The summed E-state index contributed by atoms with van der Waals surface area (Å²) >= 11 is 0. The van der Waals surface area contributed by atoms with Crippen molar-refractivity contribution in [1.29, 1.82) is 0 Å². The van der Waals surface area contributed by atoms with Gasteiger partial charge in [-0.25, -0.2) is 14.8 Å². The van der Waals surface area contributed by atoms with Gasteiger partial charge in [-0.1, -0.05) is 37.3 Å². The molecule has 0 saturated carbocycles. The summed E-state index contributed by atoms with van der Waals surface area (Å²) in [6.45, 7) is 4.83. The summed E-state index contributed by atoms with van der Waals surface area (Å²) in [6, 6.07) is 9.57. The molecule has 216 valence electrons. The summed E-state index contributed by atoms with van der Waals surface area (Å²) in [5.74, 6) is -1.82. The minimum Gasteiger partial charge on any atom is -0.481 e. The predicted molar refractivity (Wildman–Crippen MR) is 145 cm³/mol. The zero-order valence-electron chi connectivity index (χ0n) is 22.9. The molecular formula is C28H37N5O7. The third-order valence-electron chi connectivity index (χ3n) is 6.62. The number of piperazine rings is 1. The minimum absolute atomic E-state index is 0.0371. The molecule has 2 atom stereocenters. The van der Waals surface area contributed by atoms with Crippen molar-refractivity contribution in [2.45, 2.75) is 58.1 Å². The van der Waals surface area contributed by atoms with E-state index in [9.17, 15) is 29.4 Å². The van der Waals surface area contributed by atoms with E-state index in [0.29, 0.717) is 36.3 Å². The largest absolute Gasteiger partial charge is 0.481 e. The number of carbonyl (C=O) groups excluding carboxylic acids is 3. The number of aliphatic hydroxyl groups excluding tert-OH is 1. The number of aromatic nitrogens is 2.